The van der Waals surface area contributed by atoms with Gasteiger partial charge in [0, 0.05) is 59.4 Å². The molecule has 10 heteroatoms. The highest BCUT2D eigenvalue weighted by atomic mass is 35.5. The maximum atomic E-state index is 6.16. The lowest BCUT2D eigenvalue weighted by molar-refractivity contribution is 0.414. The van der Waals surface area contributed by atoms with Gasteiger partial charge in [-0.1, -0.05) is 41.4 Å². The molecule has 2 heterocycles. The van der Waals surface area contributed by atoms with E-state index in [0.29, 0.717) is 27.9 Å². The van der Waals surface area contributed by atoms with Crippen LogP contribution < -0.4 is 25.2 Å². The normalized spacial score (nSPS) is 13.4. The Balaban J connectivity index is 1.38. The van der Waals surface area contributed by atoms with Gasteiger partial charge in [-0.15, -0.1) is 0 Å². The molecule has 0 radical (unpaired) electrons. The first kappa shape index (κ1) is 24.0. The van der Waals surface area contributed by atoms with Crippen LogP contribution in [0.3, 0.4) is 0 Å². The largest absolute Gasteiger partial charge is 0.497 e. The number of nitrogens with zero attached hydrogens (tertiary/aromatic N) is 5. The van der Waals surface area contributed by atoms with Crippen molar-refractivity contribution in [2.45, 2.75) is 0 Å². The summed E-state index contributed by atoms with van der Waals surface area (Å²) < 4.78 is 5.38. The first-order chi connectivity index (χ1) is 17.6. The van der Waals surface area contributed by atoms with Gasteiger partial charge in [0.05, 0.1) is 7.11 Å². The molecule has 36 heavy (non-hydrogen) atoms. The number of halogens is 2. The van der Waals surface area contributed by atoms with Crippen LogP contribution in [0.5, 0.6) is 5.75 Å². The van der Waals surface area contributed by atoms with Gasteiger partial charge in [-0.25, -0.2) is 0 Å². The van der Waals surface area contributed by atoms with E-state index in [1.807, 2.05) is 60.7 Å². The lowest BCUT2D eigenvalue weighted by Crippen LogP contribution is -2.47. The van der Waals surface area contributed by atoms with Gasteiger partial charge in [0.25, 0.3) is 0 Å². The lowest BCUT2D eigenvalue weighted by Gasteiger charge is -2.36. The summed E-state index contributed by atoms with van der Waals surface area (Å²) in [5, 5.41) is 7.74. The number of methoxy groups -OCH3 is 1. The summed E-state index contributed by atoms with van der Waals surface area (Å²) in [6, 6.07) is 23.0. The maximum Gasteiger partial charge on any atom is 0.233 e. The van der Waals surface area contributed by atoms with E-state index in [1.165, 1.54) is 0 Å². The summed E-state index contributed by atoms with van der Waals surface area (Å²) in [6.45, 7) is 3.17. The highest BCUT2D eigenvalue weighted by molar-refractivity contribution is 6.31. The van der Waals surface area contributed by atoms with E-state index < -0.39 is 0 Å². The second-order valence-electron chi connectivity index (χ2n) is 8.23. The molecular weight excluding hydrogens is 497 g/mol. The Morgan fingerprint density at radius 3 is 1.81 bits per heavy atom. The Kier molecular flexibility index (Phi) is 7.25. The third-order valence-corrected chi connectivity index (χ3v) is 6.24. The number of piperazine rings is 1. The maximum absolute atomic E-state index is 6.16. The molecule has 3 aromatic carbocycles. The minimum absolute atomic E-state index is 0.419. The molecule has 0 aliphatic carbocycles. The Morgan fingerprint density at radius 2 is 1.25 bits per heavy atom. The number of aromatic nitrogens is 3. The zero-order valence-corrected chi connectivity index (χ0v) is 21.2. The topological polar surface area (TPSA) is 78.4 Å². The number of nitrogens with one attached hydrogen (secondary N) is 2. The fourth-order valence-electron chi connectivity index (χ4n) is 3.98. The minimum Gasteiger partial charge on any atom is -0.497 e. The molecule has 5 rings (SSSR count). The average Bonchev–Trinajstić information content (AvgIpc) is 2.89. The van der Waals surface area contributed by atoms with Gasteiger partial charge in [0.15, 0.2) is 0 Å². The minimum atomic E-state index is 0.419. The Morgan fingerprint density at radius 1 is 0.694 bits per heavy atom. The number of hydrogen-bond acceptors (Lipinski definition) is 8. The molecular formula is C26H25Cl2N7O. The molecule has 4 aromatic rings. The van der Waals surface area contributed by atoms with Crippen molar-refractivity contribution in [3.8, 4) is 5.75 Å². The second-order valence-corrected chi connectivity index (χ2v) is 9.10. The van der Waals surface area contributed by atoms with E-state index in [1.54, 1.807) is 7.11 Å². The molecule has 0 spiro atoms. The molecule has 0 amide bonds. The predicted octanol–water partition coefficient (Wildman–Crippen LogP) is 6.00. The smallest absolute Gasteiger partial charge is 0.233 e. The van der Waals surface area contributed by atoms with Crippen LogP contribution in [0, 0.1) is 0 Å². The molecule has 1 aromatic heterocycles. The van der Waals surface area contributed by atoms with Crippen molar-refractivity contribution in [1.29, 1.82) is 0 Å². The van der Waals surface area contributed by atoms with E-state index >= 15 is 0 Å². The van der Waals surface area contributed by atoms with Crippen LogP contribution in [0.15, 0.2) is 72.8 Å². The molecule has 8 nitrogen and oxygen atoms in total. The predicted molar refractivity (Wildman–Crippen MR) is 147 cm³/mol. The zero-order valence-electron chi connectivity index (χ0n) is 19.7. The van der Waals surface area contributed by atoms with Crippen LogP contribution >= 0.6 is 23.2 Å². The fraction of sp³-hybridized carbons (Fsp3) is 0.192. The van der Waals surface area contributed by atoms with Gasteiger partial charge < -0.3 is 25.2 Å². The summed E-state index contributed by atoms with van der Waals surface area (Å²) >= 11 is 12.3. The molecule has 1 aliphatic rings. The molecule has 1 fully saturated rings. The number of benzene rings is 3. The van der Waals surface area contributed by atoms with Gasteiger partial charge in [-0.2, -0.15) is 15.0 Å². The third kappa shape index (κ3) is 5.90. The summed E-state index contributed by atoms with van der Waals surface area (Å²) in [7, 11) is 1.68. The van der Waals surface area contributed by atoms with E-state index in [2.05, 4.69) is 37.6 Å². The first-order valence-corrected chi connectivity index (χ1v) is 12.3. The average molecular weight is 522 g/mol. The molecule has 1 saturated heterocycles. The highest BCUT2D eigenvalue weighted by Crippen LogP contribution is 2.26. The van der Waals surface area contributed by atoms with Gasteiger partial charge >= 0.3 is 0 Å². The number of hydrogen-bond donors (Lipinski definition) is 2. The standard InChI is InChI=1S/C26H25Cl2N7O/c1-36-23-10-4-9-22(17-23)34-11-13-35(14-12-34)26-32-24(29-20-7-2-5-18(27)15-20)31-25(33-26)30-21-8-3-6-19(28)16-21/h2-10,15-17H,11-14H2,1H3,(H2,29,30,31,32,33). The summed E-state index contributed by atoms with van der Waals surface area (Å²) in [6.07, 6.45) is 0. The molecule has 1 aliphatic heterocycles. The second kappa shape index (κ2) is 10.9. The quantitative estimate of drug-likeness (QED) is 0.306. The fourth-order valence-corrected chi connectivity index (χ4v) is 4.36. The third-order valence-electron chi connectivity index (χ3n) is 5.77. The van der Waals surface area contributed by atoms with Crippen molar-refractivity contribution in [2.24, 2.45) is 0 Å². The van der Waals surface area contributed by atoms with Crippen molar-refractivity contribution in [2.75, 3.05) is 53.7 Å². The van der Waals surface area contributed by atoms with Crippen molar-refractivity contribution in [1.82, 2.24) is 15.0 Å². The van der Waals surface area contributed by atoms with E-state index in [0.717, 1.165) is 49.0 Å². The van der Waals surface area contributed by atoms with Crippen molar-refractivity contribution in [3.63, 3.8) is 0 Å². The van der Waals surface area contributed by atoms with Gasteiger partial charge in [-0.05, 0) is 48.5 Å². The van der Waals surface area contributed by atoms with E-state index in [9.17, 15) is 0 Å². The van der Waals surface area contributed by atoms with Gasteiger partial charge in [0.1, 0.15) is 5.75 Å². The van der Waals surface area contributed by atoms with Crippen LogP contribution in [0.4, 0.5) is 34.9 Å². The highest BCUT2D eigenvalue weighted by Gasteiger charge is 2.21. The summed E-state index contributed by atoms with van der Waals surface area (Å²) in [5.74, 6) is 2.27. The Hall–Kier alpha value is -3.75. The number of anilines is 6. The van der Waals surface area contributed by atoms with E-state index in [-0.39, 0.29) is 0 Å². The Labute approximate surface area is 219 Å². The molecule has 0 unspecified atom stereocenters. The van der Waals surface area contributed by atoms with E-state index in [4.69, 9.17) is 37.9 Å². The van der Waals surface area contributed by atoms with Crippen molar-refractivity contribution >= 4 is 58.1 Å². The molecule has 0 bridgehead atoms. The SMILES string of the molecule is COc1cccc(N2CCN(c3nc(Nc4cccc(Cl)c4)nc(Nc4cccc(Cl)c4)n3)CC2)c1. The van der Waals surface area contributed by atoms with Crippen molar-refractivity contribution < 1.29 is 4.74 Å². The van der Waals surface area contributed by atoms with Crippen LogP contribution in [-0.2, 0) is 0 Å². The Bertz CT molecular complexity index is 1280. The molecule has 2 N–H and O–H groups in total. The van der Waals surface area contributed by atoms with Gasteiger partial charge in [0.2, 0.25) is 17.8 Å². The summed E-state index contributed by atoms with van der Waals surface area (Å²) in [4.78, 5) is 18.5. The lowest BCUT2D eigenvalue weighted by atomic mass is 10.2. The van der Waals surface area contributed by atoms with Crippen LogP contribution in [0.2, 0.25) is 10.0 Å². The molecule has 0 saturated carbocycles. The molecule has 184 valence electrons. The van der Waals surface area contributed by atoms with Crippen LogP contribution in [0.25, 0.3) is 0 Å². The summed E-state index contributed by atoms with van der Waals surface area (Å²) in [5.41, 5.74) is 2.71. The zero-order chi connectivity index (χ0) is 24.9. The van der Waals surface area contributed by atoms with Crippen LogP contribution in [0.1, 0.15) is 0 Å². The van der Waals surface area contributed by atoms with Crippen molar-refractivity contribution in [3.05, 3.63) is 82.8 Å². The number of rotatable bonds is 7. The number of ether oxygens (including phenoxy) is 1. The monoisotopic (exact) mass is 521 g/mol. The van der Waals surface area contributed by atoms with Crippen LogP contribution in [-0.4, -0.2) is 48.2 Å². The first-order valence-electron chi connectivity index (χ1n) is 11.5. The molecule has 0 atom stereocenters. The van der Waals surface area contributed by atoms with Gasteiger partial charge in [-0.3, -0.25) is 0 Å².